The van der Waals surface area contributed by atoms with E-state index in [1.807, 2.05) is 11.0 Å². The first kappa shape index (κ1) is 14.9. The Labute approximate surface area is 126 Å². The smallest absolute Gasteiger partial charge is 0.387 e. The molecule has 1 aromatic carbocycles. The van der Waals surface area contributed by atoms with Crippen molar-refractivity contribution in [2.24, 2.45) is 0 Å². The zero-order valence-corrected chi connectivity index (χ0v) is 11.9. The van der Waals surface area contributed by atoms with E-state index < -0.39 is 18.2 Å². The summed E-state index contributed by atoms with van der Waals surface area (Å²) in [4.78, 5) is 13.4. The van der Waals surface area contributed by atoms with E-state index in [1.165, 1.54) is 12.1 Å². The number of Topliss-reactive ketones (excluding diaryl/α,β-unsaturated/α-hetero) is 1. The van der Waals surface area contributed by atoms with Crippen LogP contribution < -0.4 is 9.64 Å². The van der Waals surface area contributed by atoms with Crippen LogP contribution in [-0.2, 0) is 4.79 Å². The fourth-order valence-corrected chi connectivity index (χ4v) is 3.10. The molecule has 1 aliphatic carbocycles. The van der Waals surface area contributed by atoms with Gasteiger partial charge in [0, 0.05) is 42.7 Å². The van der Waals surface area contributed by atoms with Crippen molar-refractivity contribution < 1.29 is 22.7 Å². The molecule has 0 unspecified atom stereocenters. The van der Waals surface area contributed by atoms with Gasteiger partial charge in [0.1, 0.15) is 5.78 Å². The monoisotopic (exact) mass is 311 g/mol. The number of carbonyl (C=O) groups excluding carboxylic acids is 1. The van der Waals surface area contributed by atoms with Gasteiger partial charge in [0.05, 0.1) is 0 Å². The van der Waals surface area contributed by atoms with Crippen LogP contribution in [0.5, 0.6) is 5.75 Å². The number of rotatable bonds is 3. The molecule has 0 amide bonds. The fourth-order valence-electron chi connectivity index (χ4n) is 3.10. The molecular weight excluding hydrogens is 295 g/mol. The van der Waals surface area contributed by atoms with E-state index in [4.69, 9.17) is 0 Å². The molecule has 1 saturated carbocycles. The molecule has 1 aliphatic heterocycles. The Morgan fingerprint density at radius 3 is 2.64 bits per heavy atom. The predicted octanol–water partition coefficient (Wildman–Crippen LogP) is 3.77. The third-order valence-electron chi connectivity index (χ3n) is 4.16. The highest BCUT2D eigenvalue weighted by Gasteiger charge is 2.28. The molecule has 1 fully saturated rings. The average molecular weight is 311 g/mol. The van der Waals surface area contributed by atoms with Crippen LogP contribution in [0.4, 0.5) is 18.9 Å². The number of alkyl halides is 2. The van der Waals surface area contributed by atoms with Gasteiger partial charge in [-0.15, -0.1) is 0 Å². The number of fused-ring (bicyclic) bond motifs is 1. The first-order chi connectivity index (χ1) is 10.5. The first-order valence-electron chi connectivity index (χ1n) is 7.28. The SMILES string of the molecule is O=C1CCC(N2CC=Cc3cc(F)c(OC(F)F)cc32)CC1. The lowest BCUT2D eigenvalue weighted by molar-refractivity contribution is -0.120. The van der Waals surface area contributed by atoms with Crippen molar-refractivity contribution in [2.45, 2.75) is 38.3 Å². The molecule has 0 N–H and O–H groups in total. The Hall–Kier alpha value is -1.98. The summed E-state index contributed by atoms with van der Waals surface area (Å²) in [5.74, 6) is -0.991. The van der Waals surface area contributed by atoms with E-state index in [0.717, 1.165) is 12.8 Å². The van der Waals surface area contributed by atoms with Gasteiger partial charge in [0.25, 0.3) is 0 Å². The molecule has 1 heterocycles. The van der Waals surface area contributed by atoms with Crippen molar-refractivity contribution in [2.75, 3.05) is 11.4 Å². The second-order valence-corrected chi connectivity index (χ2v) is 5.54. The number of halogens is 3. The lowest BCUT2D eigenvalue weighted by Gasteiger charge is -2.37. The lowest BCUT2D eigenvalue weighted by Crippen LogP contribution is -2.39. The predicted molar refractivity (Wildman–Crippen MR) is 76.7 cm³/mol. The summed E-state index contributed by atoms with van der Waals surface area (Å²) in [5.41, 5.74) is 1.32. The van der Waals surface area contributed by atoms with Crippen LogP contribution in [0.1, 0.15) is 31.2 Å². The highest BCUT2D eigenvalue weighted by atomic mass is 19.3. The highest BCUT2D eigenvalue weighted by Crippen LogP contribution is 2.36. The van der Waals surface area contributed by atoms with Crippen LogP contribution in [0, 0.1) is 5.82 Å². The summed E-state index contributed by atoms with van der Waals surface area (Å²) in [6.07, 6.45) is 6.20. The van der Waals surface area contributed by atoms with E-state index in [2.05, 4.69) is 4.74 Å². The Morgan fingerprint density at radius 1 is 1.23 bits per heavy atom. The second-order valence-electron chi connectivity index (χ2n) is 5.54. The molecule has 118 valence electrons. The zero-order valence-electron chi connectivity index (χ0n) is 11.9. The average Bonchev–Trinajstić information content (AvgIpc) is 2.48. The van der Waals surface area contributed by atoms with Gasteiger partial charge in [-0.25, -0.2) is 4.39 Å². The number of nitrogens with zero attached hydrogens (tertiary/aromatic N) is 1. The van der Waals surface area contributed by atoms with E-state index in [1.54, 1.807) is 6.08 Å². The molecule has 3 nitrogen and oxygen atoms in total. The minimum Gasteiger partial charge on any atom is -0.432 e. The molecule has 1 aromatic rings. The fraction of sp³-hybridized carbons (Fsp3) is 0.438. The van der Waals surface area contributed by atoms with Crippen LogP contribution in [0.15, 0.2) is 18.2 Å². The summed E-state index contributed by atoms with van der Waals surface area (Å²) in [6.45, 7) is -2.45. The standard InChI is InChI=1S/C16H16F3NO2/c17-13-8-10-2-1-7-20(11-3-5-12(21)6-4-11)14(10)9-15(13)22-16(18)19/h1-2,8-9,11,16H,3-7H2. The maximum absolute atomic E-state index is 13.8. The number of hydrogen-bond acceptors (Lipinski definition) is 3. The molecule has 6 heteroatoms. The zero-order chi connectivity index (χ0) is 15.7. The van der Waals surface area contributed by atoms with Crippen LogP contribution in [0.25, 0.3) is 6.08 Å². The molecule has 2 aliphatic rings. The molecule has 3 rings (SSSR count). The summed E-state index contributed by atoms with van der Waals surface area (Å²) in [7, 11) is 0. The van der Waals surface area contributed by atoms with Crippen molar-refractivity contribution in [3.8, 4) is 5.75 Å². The number of ketones is 1. The van der Waals surface area contributed by atoms with Gasteiger partial charge in [0.15, 0.2) is 11.6 Å². The quantitative estimate of drug-likeness (QED) is 0.851. The van der Waals surface area contributed by atoms with Crippen molar-refractivity contribution in [1.82, 2.24) is 0 Å². The van der Waals surface area contributed by atoms with Crippen molar-refractivity contribution in [3.05, 3.63) is 29.6 Å². The Morgan fingerprint density at radius 2 is 1.95 bits per heavy atom. The van der Waals surface area contributed by atoms with Crippen LogP contribution >= 0.6 is 0 Å². The largest absolute Gasteiger partial charge is 0.432 e. The molecule has 0 bridgehead atoms. The van der Waals surface area contributed by atoms with Gasteiger partial charge < -0.3 is 9.64 Å². The topological polar surface area (TPSA) is 29.5 Å². The van der Waals surface area contributed by atoms with Gasteiger partial charge in [0.2, 0.25) is 0 Å². The maximum Gasteiger partial charge on any atom is 0.387 e. The van der Waals surface area contributed by atoms with Crippen LogP contribution in [-0.4, -0.2) is 25.0 Å². The number of hydrogen-bond donors (Lipinski definition) is 0. The molecule has 0 atom stereocenters. The van der Waals surface area contributed by atoms with Crippen LogP contribution in [0.3, 0.4) is 0 Å². The second kappa shape index (κ2) is 6.02. The number of benzene rings is 1. The summed E-state index contributed by atoms with van der Waals surface area (Å²) in [5, 5.41) is 0. The lowest BCUT2D eigenvalue weighted by atomic mass is 9.91. The minimum atomic E-state index is -3.06. The van der Waals surface area contributed by atoms with Gasteiger partial charge in [-0.1, -0.05) is 12.2 Å². The van der Waals surface area contributed by atoms with E-state index >= 15 is 0 Å². The van der Waals surface area contributed by atoms with Gasteiger partial charge in [-0.05, 0) is 18.9 Å². The summed E-state index contributed by atoms with van der Waals surface area (Å²) >= 11 is 0. The Bertz CT molecular complexity index is 606. The highest BCUT2D eigenvalue weighted by molar-refractivity contribution is 5.80. The maximum atomic E-state index is 13.8. The summed E-state index contributed by atoms with van der Waals surface area (Å²) < 4.78 is 42.8. The molecule has 22 heavy (non-hydrogen) atoms. The Balaban J connectivity index is 1.91. The molecule has 0 saturated heterocycles. The third kappa shape index (κ3) is 2.96. The molecule has 0 spiro atoms. The number of carbonyl (C=O) groups is 1. The third-order valence-corrected chi connectivity index (χ3v) is 4.16. The molecule has 0 radical (unpaired) electrons. The Kier molecular flexibility index (Phi) is 4.09. The van der Waals surface area contributed by atoms with Gasteiger partial charge >= 0.3 is 6.61 Å². The van der Waals surface area contributed by atoms with Crippen molar-refractivity contribution >= 4 is 17.5 Å². The number of anilines is 1. The molecule has 0 aromatic heterocycles. The van der Waals surface area contributed by atoms with E-state index in [-0.39, 0.29) is 11.8 Å². The van der Waals surface area contributed by atoms with Gasteiger partial charge in [-0.2, -0.15) is 8.78 Å². The van der Waals surface area contributed by atoms with Gasteiger partial charge in [-0.3, -0.25) is 4.79 Å². The van der Waals surface area contributed by atoms with Crippen LogP contribution in [0.2, 0.25) is 0 Å². The van der Waals surface area contributed by atoms with Crippen molar-refractivity contribution in [1.29, 1.82) is 0 Å². The number of ether oxygens (including phenoxy) is 1. The minimum absolute atomic E-state index is 0.159. The van der Waals surface area contributed by atoms with E-state index in [0.29, 0.717) is 30.6 Å². The van der Waals surface area contributed by atoms with E-state index in [9.17, 15) is 18.0 Å². The summed E-state index contributed by atoms with van der Waals surface area (Å²) in [6, 6.07) is 2.70. The molecular formula is C16H16F3NO2. The normalized spacial score (nSPS) is 18.7. The first-order valence-corrected chi connectivity index (χ1v) is 7.28. The van der Waals surface area contributed by atoms with Crippen molar-refractivity contribution in [3.63, 3.8) is 0 Å².